The Bertz CT molecular complexity index is 701. The summed E-state index contributed by atoms with van der Waals surface area (Å²) in [7, 11) is 1.36. The lowest BCUT2D eigenvalue weighted by atomic mass is 10.1. The van der Waals surface area contributed by atoms with Crippen LogP contribution in [-0.4, -0.2) is 18.1 Å². The number of benzene rings is 1. The lowest BCUT2D eigenvalue weighted by molar-refractivity contribution is 0.0596. The number of nitrogen functional groups attached to an aromatic ring is 1. The third-order valence-electron chi connectivity index (χ3n) is 3.56. The lowest BCUT2D eigenvalue weighted by Crippen LogP contribution is -2.05. The smallest absolute Gasteiger partial charge is 0.340 e. The van der Waals surface area contributed by atoms with Crippen molar-refractivity contribution in [2.24, 2.45) is 0 Å². The third-order valence-corrected chi connectivity index (χ3v) is 4.57. The average molecular weight is 300 g/mol. The van der Waals surface area contributed by atoms with E-state index in [0.717, 1.165) is 17.7 Å². The molecular weight excluding hydrogens is 284 g/mol. The predicted molar refractivity (Wildman–Crippen MR) is 82.6 cm³/mol. The van der Waals surface area contributed by atoms with Crippen molar-refractivity contribution in [3.63, 3.8) is 0 Å². The van der Waals surface area contributed by atoms with E-state index < -0.39 is 5.97 Å². The Morgan fingerprint density at radius 2 is 2.10 bits per heavy atom. The van der Waals surface area contributed by atoms with E-state index in [2.05, 4.69) is 23.2 Å². The standard InChI is InChI=1S/C16H16N2O2S/c1-20-16(19)14-8-12(17)9-18-15(14)21-13-6-5-10-3-2-4-11(10)7-13/h5-9H,2-4,17H2,1H3. The molecule has 5 heteroatoms. The number of anilines is 1. The zero-order chi connectivity index (χ0) is 14.8. The molecule has 1 aromatic carbocycles. The topological polar surface area (TPSA) is 65.2 Å². The van der Waals surface area contributed by atoms with E-state index in [4.69, 9.17) is 10.5 Å². The minimum atomic E-state index is -0.418. The highest BCUT2D eigenvalue weighted by Crippen LogP contribution is 2.33. The summed E-state index contributed by atoms with van der Waals surface area (Å²) in [5.74, 6) is -0.418. The minimum absolute atomic E-state index is 0.406. The van der Waals surface area contributed by atoms with E-state index >= 15 is 0 Å². The maximum Gasteiger partial charge on any atom is 0.340 e. The molecule has 1 heterocycles. The zero-order valence-electron chi connectivity index (χ0n) is 11.8. The van der Waals surface area contributed by atoms with Gasteiger partial charge in [-0.15, -0.1) is 0 Å². The summed E-state index contributed by atoms with van der Waals surface area (Å²) in [4.78, 5) is 17.2. The fraction of sp³-hybridized carbons (Fsp3) is 0.250. The summed E-state index contributed by atoms with van der Waals surface area (Å²) in [6.45, 7) is 0. The SMILES string of the molecule is COC(=O)c1cc(N)cnc1Sc1ccc2c(c1)CCC2. The van der Waals surface area contributed by atoms with Crippen LogP contribution in [0.15, 0.2) is 40.4 Å². The third kappa shape index (κ3) is 2.88. The molecule has 2 N–H and O–H groups in total. The number of hydrogen-bond acceptors (Lipinski definition) is 5. The first-order valence-corrected chi connectivity index (χ1v) is 7.62. The van der Waals surface area contributed by atoms with Gasteiger partial charge >= 0.3 is 5.97 Å². The van der Waals surface area contributed by atoms with Crippen molar-refractivity contribution < 1.29 is 9.53 Å². The zero-order valence-corrected chi connectivity index (χ0v) is 12.6. The highest BCUT2D eigenvalue weighted by Gasteiger charge is 2.16. The van der Waals surface area contributed by atoms with E-state index in [1.807, 2.05) is 0 Å². The summed E-state index contributed by atoms with van der Waals surface area (Å²) in [5.41, 5.74) is 9.39. The van der Waals surface area contributed by atoms with Gasteiger partial charge in [-0.25, -0.2) is 9.78 Å². The van der Waals surface area contributed by atoms with Crippen molar-refractivity contribution in [2.75, 3.05) is 12.8 Å². The van der Waals surface area contributed by atoms with E-state index in [9.17, 15) is 4.79 Å². The van der Waals surface area contributed by atoms with Crippen LogP contribution in [0, 0.1) is 0 Å². The number of esters is 1. The monoisotopic (exact) mass is 300 g/mol. The Morgan fingerprint density at radius 3 is 2.90 bits per heavy atom. The number of ether oxygens (including phenoxy) is 1. The van der Waals surface area contributed by atoms with Crippen molar-refractivity contribution in [2.45, 2.75) is 29.2 Å². The molecule has 0 amide bonds. The Kier molecular flexibility index (Phi) is 3.84. The number of aryl methyl sites for hydroxylation is 2. The molecule has 0 radical (unpaired) electrons. The molecule has 0 saturated carbocycles. The van der Waals surface area contributed by atoms with E-state index in [1.165, 1.54) is 36.4 Å². The lowest BCUT2D eigenvalue weighted by Gasteiger charge is -2.08. The number of methoxy groups -OCH3 is 1. The van der Waals surface area contributed by atoms with Gasteiger partial charge in [-0.05, 0) is 48.6 Å². The van der Waals surface area contributed by atoms with Gasteiger partial charge in [-0.3, -0.25) is 0 Å². The summed E-state index contributed by atoms with van der Waals surface area (Å²) in [5, 5.41) is 0.619. The van der Waals surface area contributed by atoms with Gasteiger partial charge in [0.05, 0.1) is 24.6 Å². The van der Waals surface area contributed by atoms with Gasteiger partial charge in [-0.1, -0.05) is 17.8 Å². The Morgan fingerprint density at radius 1 is 1.29 bits per heavy atom. The quantitative estimate of drug-likeness (QED) is 0.882. The van der Waals surface area contributed by atoms with Gasteiger partial charge in [0.1, 0.15) is 5.03 Å². The van der Waals surface area contributed by atoms with Crippen LogP contribution in [0.5, 0.6) is 0 Å². The van der Waals surface area contributed by atoms with Crippen molar-refractivity contribution in [1.82, 2.24) is 4.98 Å². The van der Waals surface area contributed by atoms with Crippen LogP contribution in [0.3, 0.4) is 0 Å². The number of pyridine rings is 1. The van der Waals surface area contributed by atoms with Crippen LogP contribution in [0.1, 0.15) is 27.9 Å². The van der Waals surface area contributed by atoms with Crippen LogP contribution in [0.25, 0.3) is 0 Å². The molecule has 0 spiro atoms. The van der Waals surface area contributed by atoms with Gasteiger partial charge in [0, 0.05) is 4.90 Å². The molecule has 0 saturated heterocycles. The number of aromatic nitrogens is 1. The average Bonchev–Trinajstić information content (AvgIpc) is 2.96. The molecule has 0 fully saturated rings. The Labute approximate surface area is 127 Å². The largest absolute Gasteiger partial charge is 0.465 e. The van der Waals surface area contributed by atoms with Crippen LogP contribution >= 0.6 is 11.8 Å². The molecule has 0 unspecified atom stereocenters. The fourth-order valence-electron chi connectivity index (χ4n) is 2.53. The summed E-state index contributed by atoms with van der Waals surface area (Å²) < 4.78 is 4.80. The van der Waals surface area contributed by atoms with E-state index in [-0.39, 0.29) is 0 Å². The fourth-order valence-corrected chi connectivity index (χ4v) is 3.45. The molecule has 108 valence electrons. The second kappa shape index (κ2) is 5.77. The van der Waals surface area contributed by atoms with Crippen molar-refractivity contribution >= 4 is 23.4 Å². The molecule has 0 aliphatic heterocycles. The molecule has 0 atom stereocenters. The number of nitrogens with zero attached hydrogens (tertiary/aromatic N) is 1. The molecule has 21 heavy (non-hydrogen) atoms. The highest BCUT2D eigenvalue weighted by atomic mass is 32.2. The van der Waals surface area contributed by atoms with Gasteiger partial charge in [0.2, 0.25) is 0 Å². The van der Waals surface area contributed by atoms with Crippen molar-refractivity contribution in [3.8, 4) is 0 Å². The minimum Gasteiger partial charge on any atom is -0.465 e. The number of nitrogens with two attached hydrogens (primary N) is 1. The van der Waals surface area contributed by atoms with Gasteiger partial charge in [0.15, 0.2) is 0 Å². The number of carbonyl (C=O) groups excluding carboxylic acids is 1. The van der Waals surface area contributed by atoms with Gasteiger partial charge in [-0.2, -0.15) is 0 Å². The molecule has 3 rings (SSSR count). The number of rotatable bonds is 3. The highest BCUT2D eigenvalue weighted by molar-refractivity contribution is 7.99. The molecular formula is C16H16N2O2S. The Balaban J connectivity index is 1.92. The molecule has 1 aliphatic carbocycles. The molecule has 4 nitrogen and oxygen atoms in total. The number of fused-ring (bicyclic) bond motifs is 1. The summed E-state index contributed by atoms with van der Waals surface area (Å²) in [6.07, 6.45) is 5.07. The predicted octanol–water partition coefficient (Wildman–Crippen LogP) is 3.09. The first-order chi connectivity index (χ1) is 10.2. The summed E-state index contributed by atoms with van der Waals surface area (Å²) >= 11 is 1.47. The van der Waals surface area contributed by atoms with Crippen molar-refractivity contribution in [1.29, 1.82) is 0 Å². The summed E-state index contributed by atoms with van der Waals surface area (Å²) in [6, 6.07) is 8.04. The molecule has 2 aromatic rings. The van der Waals surface area contributed by atoms with Crippen LogP contribution in [-0.2, 0) is 17.6 Å². The Hall–Kier alpha value is -2.01. The van der Waals surface area contributed by atoms with Crippen molar-refractivity contribution in [3.05, 3.63) is 47.2 Å². The second-order valence-corrected chi connectivity index (χ2v) is 6.06. The second-order valence-electron chi connectivity index (χ2n) is 5.00. The first kappa shape index (κ1) is 13.9. The van der Waals surface area contributed by atoms with Crippen LogP contribution in [0.2, 0.25) is 0 Å². The molecule has 1 aliphatic rings. The van der Waals surface area contributed by atoms with E-state index in [1.54, 1.807) is 12.3 Å². The maximum atomic E-state index is 11.8. The number of hydrogen-bond donors (Lipinski definition) is 1. The molecule has 0 bridgehead atoms. The van der Waals surface area contributed by atoms with Crippen LogP contribution < -0.4 is 5.73 Å². The maximum absolute atomic E-state index is 11.8. The van der Waals surface area contributed by atoms with Crippen LogP contribution in [0.4, 0.5) is 5.69 Å². The van der Waals surface area contributed by atoms with Gasteiger partial charge < -0.3 is 10.5 Å². The molecule has 1 aromatic heterocycles. The van der Waals surface area contributed by atoms with Gasteiger partial charge in [0.25, 0.3) is 0 Å². The first-order valence-electron chi connectivity index (χ1n) is 6.81. The van der Waals surface area contributed by atoms with E-state index in [0.29, 0.717) is 16.3 Å². The number of carbonyl (C=O) groups is 1. The normalized spacial score (nSPS) is 13.0.